The van der Waals surface area contributed by atoms with Gasteiger partial charge in [-0.05, 0) is 18.1 Å². The van der Waals surface area contributed by atoms with Gasteiger partial charge in [0.2, 0.25) is 0 Å². The molecular weight excluding hydrogens is 240 g/mol. The van der Waals surface area contributed by atoms with Crippen molar-refractivity contribution in [2.24, 2.45) is 0 Å². The zero-order valence-electron chi connectivity index (χ0n) is 11.9. The fourth-order valence-corrected chi connectivity index (χ4v) is 2.32. The summed E-state index contributed by atoms with van der Waals surface area (Å²) >= 11 is 0. The smallest absolute Gasteiger partial charge is 0.123 e. The average molecular weight is 264 g/mol. The third kappa shape index (κ3) is 4.20. The highest BCUT2D eigenvalue weighted by Crippen LogP contribution is 2.20. The van der Waals surface area contributed by atoms with Crippen LogP contribution in [0.1, 0.15) is 18.1 Å². The largest absolute Gasteiger partial charge is 0.496 e. The highest BCUT2D eigenvalue weighted by Gasteiger charge is 2.12. The van der Waals surface area contributed by atoms with E-state index in [1.807, 2.05) is 0 Å². The summed E-state index contributed by atoms with van der Waals surface area (Å²) in [5.41, 5.74) is 2.57. The van der Waals surface area contributed by atoms with Gasteiger partial charge in [-0.2, -0.15) is 0 Å². The minimum atomic E-state index is 0.411. The number of methoxy groups -OCH3 is 1. The Morgan fingerprint density at radius 2 is 2.37 bits per heavy atom. The Morgan fingerprint density at radius 1 is 1.47 bits per heavy atom. The number of ether oxygens (including phenoxy) is 2. The lowest BCUT2D eigenvalue weighted by Crippen LogP contribution is -2.47. The molecule has 0 aromatic heterocycles. The maximum absolute atomic E-state index is 5.44. The minimum absolute atomic E-state index is 0.411. The Hall–Kier alpha value is -1.10. The summed E-state index contributed by atoms with van der Waals surface area (Å²) in [6, 6.07) is 6.81. The number of benzene rings is 1. The molecule has 0 saturated carbocycles. The number of morpholine rings is 1. The van der Waals surface area contributed by atoms with Crippen molar-refractivity contribution in [3.05, 3.63) is 29.3 Å². The van der Waals surface area contributed by atoms with Crippen LogP contribution in [0.15, 0.2) is 18.2 Å². The van der Waals surface area contributed by atoms with Gasteiger partial charge in [-0.1, -0.05) is 19.1 Å². The molecule has 0 spiro atoms. The number of nitrogens with one attached hydrogen (secondary N) is 2. The average Bonchev–Trinajstić information content (AvgIpc) is 2.48. The Morgan fingerprint density at radius 3 is 3.05 bits per heavy atom. The SMILES string of the molecule is CCc1ccc(OC)c(CNCC2COCCN2)c1. The van der Waals surface area contributed by atoms with Crippen LogP contribution in [0.4, 0.5) is 0 Å². The van der Waals surface area contributed by atoms with E-state index in [0.29, 0.717) is 6.04 Å². The van der Waals surface area contributed by atoms with E-state index in [2.05, 4.69) is 35.8 Å². The molecule has 4 heteroatoms. The summed E-state index contributed by atoms with van der Waals surface area (Å²) in [6.45, 7) is 6.47. The Bertz CT molecular complexity index is 390. The predicted molar refractivity (Wildman–Crippen MR) is 76.7 cm³/mol. The van der Waals surface area contributed by atoms with Gasteiger partial charge in [0.15, 0.2) is 0 Å². The monoisotopic (exact) mass is 264 g/mol. The van der Waals surface area contributed by atoms with E-state index >= 15 is 0 Å². The van der Waals surface area contributed by atoms with Gasteiger partial charge in [-0.25, -0.2) is 0 Å². The van der Waals surface area contributed by atoms with E-state index in [0.717, 1.165) is 45.0 Å². The molecular formula is C15H24N2O2. The fourth-order valence-electron chi connectivity index (χ4n) is 2.32. The van der Waals surface area contributed by atoms with Gasteiger partial charge in [0.1, 0.15) is 5.75 Å². The molecule has 2 N–H and O–H groups in total. The van der Waals surface area contributed by atoms with E-state index in [9.17, 15) is 0 Å². The van der Waals surface area contributed by atoms with Crippen LogP contribution in [-0.2, 0) is 17.7 Å². The first-order valence-corrected chi connectivity index (χ1v) is 7.01. The molecule has 1 atom stereocenters. The maximum atomic E-state index is 5.44. The molecule has 1 aromatic rings. The van der Waals surface area contributed by atoms with E-state index in [4.69, 9.17) is 9.47 Å². The second kappa shape index (κ2) is 7.48. The third-order valence-corrected chi connectivity index (χ3v) is 3.46. The number of rotatable bonds is 6. The maximum Gasteiger partial charge on any atom is 0.123 e. The predicted octanol–water partition coefficient (Wildman–Crippen LogP) is 1.34. The lowest BCUT2D eigenvalue weighted by atomic mass is 10.1. The van der Waals surface area contributed by atoms with Gasteiger partial charge < -0.3 is 20.1 Å². The Labute approximate surface area is 115 Å². The van der Waals surface area contributed by atoms with Gasteiger partial charge in [0.25, 0.3) is 0 Å². The summed E-state index contributed by atoms with van der Waals surface area (Å²) in [5, 5.41) is 6.91. The quantitative estimate of drug-likeness (QED) is 0.813. The van der Waals surface area contributed by atoms with Crippen molar-refractivity contribution in [2.45, 2.75) is 25.9 Å². The van der Waals surface area contributed by atoms with Crippen LogP contribution in [0.3, 0.4) is 0 Å². The second-order valence-corrected chi connectivity index (χ2v) is 4.86. The summed E-state index contributed by atoms with van der Waals surface area (Å²) in [6.07, 6.45) is 1.05. The molecule has 1 heterocycles. The topological polar surface area (TPSA) is 42.5 Å². The van der Waals surface area contributed by atoms with Gasteiger partial charge in [0.05, 0.1) is 20.3 Å². The summed E-state index contributed by atoms with van der Waals surface area (Å²) < 4.78 is 10.8. The minimum Gasteiger partial charge on any atom is -0.496 e. The van der Waals surface area contributed by atoms with Crippen molar-refractivity contribution < 1.29 is 9.47 Å². The van der Waals surface area contributed by atoms with Crippen molar-refractivity contribution in [3.63, 3.8) is 0 Å². The molecule has 1 aliphatic rings. The highest BCUT2D eigenvalue weighted by atomic mass is 16.5. The summed E-state index contributed by atoms with van der Waals surface area (Å²) in [7, 11) is 1.72. The van der Waals surface area contributed by atoms with Crippen molar-refractivity contribution >= 4 is 0 Å². The van der Waals surface area contributed by atoms with E-state index in [1.54, 1.807) is 7.11 Å². The molecule has 0 radical (unpaired) electrons. The van der Waals surface area contributed by atoms with E-state index in [-0.39, 0.29) is 0 Å². The first-order chi connectivity index (χ1) is 9.33. The van der Waals surface area contributed by atoms with Crippen LogP contribution in [0, 0.1) is 0 Å². The number of aryl methyl sites for hydroxylation is 1. The number of hydrogen-bond acceptors (Lipinski definition) is 4. The first-order valence-electron chi connectivity index (χ1n) is 7.01. The molecule has 1 aromatic carbocycles. The van der Waals surface area contributed by atoms with Gasteiger partial charge in [0, 0.05) is 31.2 Å². The summed E-state index contributed by atoms with van der Waals surface area (Å²) in [4.78, 5) is 0. The number of hydrogen-bond donors (Lipinski definition) is 2. The molecule has 19 heavy (non-hydrogen) atoms. The van der Waals surface area contributed by atoms with Gasteiger partial charge in [-0.3, -0.25) is 0 Å². The molecule has 106 valence electrons. The zero-order valence-corrected chi connectivity index (χ0v) is 11.9. The standard InChI is InChI=1S/C15H24N2O2/c1-3-12-4-5-15(18-2)13(8-12)9-16-10-14-11-19-7-6-17-14/h4-5,8,14,16-17H,3,6-7,9-11H2,1-2H3. The molecule has 2 rings (SSSR count). The molecule has 1 aliphatic heterocycles. The van der Waals surface area contributed by atoms with Gasteiger partial charge >= 0.3 is 0 Å². The van der Waals surface area contributed by atoms with Crippen molar-refractivity contribution in [1.82, 2.24) is 10.6 Å². The van der Waals surface area contributed by atoms with Crippen LogP contribution in [0.5, 0.6) is 5.75 Å². The van der Waals surface area contributed by atoms with Gasteiger partial charge in [-0.15, -0.1) is 0 Å². The Balaban J connectivity index is 1.86. The lowest BCUT2D eigenvalue weighted by molar-refractivity contribution is 0.0766. The summed E-state index contributed by atoms with van der Waals surface area (Å²) in [5.74, 6) is 0.956. The van der Waals surface area contributed by atoms with E-state index in [1.165, 1.54) is 11.1 Å². The molecule has 0 aliphatic carbocycles. The zero-order chi connectivity index (χ0) is 13.5. The fraction of sp³-hybridized carbons (Fsp3) is 0.600. The first kappa shape index (κ1) is 14.3. The Kier molecular flexibility index (Phi) is 5.63. The molecule has 1 unspecified atom stereocenters. The van der Waals surface area contributed by atoms with E-state index < -0.39 is 0 Å². The second-order valence-electron chi connectivity index (χ2n) is 4.86. The molecule has 1 fully saturated rings. The van der Waals surface area contributed by atoms with Crippen molar-refractivity contribution in [2.75, 3.05) is 33.4 Å². The van der Waals surface area contributed by atoms with Crippen LogP contribution in [0.25, 0.3) is 0 Å². The third-order valence-electron chi connectivity index (χ3n) is 3.46. The molecule has 0 bridgehead atoms. The van der Waals surface area contributed by atoms with Crippen LogP contribution in [0.2, 0.25) is 0 Å². The molecule has 0 amide bonds. The van der Waals surface area contributed by atoms with Crippen LogP contribution >= 0.6 is 0 Å². The van der Waals surface area contributed by atoms with Crippen molar-refractivity contribution in [3.8, 4) is 5.75 Å². The lowest BCUT2D eigenvalue weighted by Gasteiger charge is -2.24. The highest BCUT2D eigenvalue weighted by molar-refractivity contribution is 5.37. The van der Waals surface area contributed by atoms with Crippen LogP contribution < -0.4 is 15.4 Å². The van der Waals surface area contributed by atoms with Crippen molar-refractivity contribution in [1.29, 1.82) is 0 Å². The normalized spacial score (nSPS) is 19.4. The molecule has 1 saturated heterocycles. The van der Waals surface area contributed by atoms with Crippen LogP contribution in [-0.4, -0.2) is 39.5 Å². The molecule has 4 nitrogen and oxygen atoms in total.